The number of piperazine rings is 1. The fourth-order valence-corrected chi connectivity index (χ4v) is 4.83. The topological polar surface area (TPSA) is 94.6 Å². The molecule has 8 nitrogen and oxygen atoms in total. The van der Waals surface area contributed by atoms with E-state index in [-0.39, 0.29) is 16.8 Å². The van der Waals surface area contributed by atoms with Crippen molar-refractivity contribution < 1.29 is 13.2 Å². The molecule has 1 atom stereocenters. The van der Waals surface area contributed by atoms with Gasteiger partial charge in [0.05, 0.1) is 6.54 Å². The number of amides is 1. The molecule has 1 amide bonds. The fraction of sp³-hybridized carbons (Fsp3) is 0.455. The molecule has 0 saturated carbocycles. The number of sulfonamides is 1. The Hall–Kier alpha value is -2.49. The van der Waals surface area contributed by atoms with Gasteiger partial charge in [-0.2, -0.15) is 0 Å². The van der Waals surface area contributed by atoms with Crippen LogP contribution in [-0.2, 0) is 14.8 Å². The van der Waals surface area contributed by atoms with Crippen molar-refractivity contribution in [1.82, 2.24) is 14.6 Å². The summed E-state index contributed by atoms with van der Waals surface area (Å²) in [5.41, 5.74) is 0.795. The summed E-state index contributed by atoms with van der Waals surface area (Å²) in [6.45, 7) is 7.15. The third-order valence-corrected chi connectivity index (χ3v) is 6.80. The van der Waals surface area contributed by atoms with Crippen LogP contribution in [0.2, 0.25) is 0 Å². The van der Waals surface area contributed by atoms with Crippen LogP contribution in [0.5, 0.6) is 0 Å². The first-order valence-electron chi connectivity index (χ1n) is 10.7. The monoisotopic (exact) mass is 445 g/mol. The Kier molecular flexibility index (Phi) is 8.00. The molecule has 1 aliphatic heterocycles. The molecule has 2 aromatic rings. The number of para-hydroxylation sites is 1. The predicted molar refractivity (Wildman–Crippen MR) is 123 cm³/mol. The number of hydrogen-bond donors (Lipinski definition) is 2. The quantitative estimate of drug-likeness (QED) is 0.615. The molecule has 0 bridgehead atoms. The van der Waals surface area contributed by atoms with Gasteiger partial charge < -0.3 is 10.2 Å². The molecule has 1 fully saturated rings. The van der Waals surface area contributed by atoms with Crippen LogP contribution in [0.1, 0.15) is 26.7 Å². The van der Waals surface area contributed by atoms with Crippen molar-refractivity contribution in [3.8, 4) is 0 Å². The van der Waals surface area contributed by atoms with Crippen LogP contribution >= 0.6 is 0 Å². The zero-order valence-corrected chi connectivity index (χ0v) is 18.9. The number of carbonyl (C=O) groups excluding carboxylic acids is 1. The third-order valence-electron chi connectivity index (χ3n) is 5.23. The molecule has 2 N–H and O–H groups in total. The molecule has 1 unspecified atom stereocenters. The number of nitrogens with one attached hydrogen (secondary N) is 2. The van der Waals surface area contributed by atoms with E-state index >= 15 is 0 Å². The van der Waals surface area contributed by atoms with E-state index in [4.69, 9.17) is 0 Å². The molecular weight excluding hydrogens is 414 g/mol. The van der Waals surface area contributed by atoms with E-state index in [0.717, 1.165) is 50.5 Å². The normalized spacial score (nSPS) is 16.1. The number of hydrogen-bond acceptors (Lipinski definition) is 6. The van der Waals surface area contributed by atoms with Crippen LogP contribution in [0.15, 0.2) is 53.6 Å². The largest absolute Gasteiger partial charge is 0.354 e. The van der Waals surface area contributed by atoms with Gasteiger partial charge in [0.2, 0.25) is 15.9 Å². The molecule has 2 heterocycles. The van der Waals surface area contributed by atoms with Crippen LogP contribution in [-0.4, -0.2) is 63.0 Å². The second-order valence-electron chi connectivity index (χ2n) is 7.84. The molecule has 0 spiro atoms. The minimum absolute atomic E-state index is 0.0304. The highest BCUT2D eigenvalue weighted by atomic mass is 32.2. The van der Waals surface area contributed by atoms with E-state index < -0.39 is 10.0 Å². The lowest BCUT2D eigenvalue weighted by molar-refractivity contribution is -0.117. The van der Waals surface area contributed by atoms with E-state index in [1.807, 2.05) is 44.2 Å². The fourth-order valence-electron chi connectivity index (χ4n) is 3.60. The van der Waals surface area contributed by atoms with Gasteiger partial charge in [-0.1, -0.05) is 31.5 Å². The second kappa shape index (κ2) is 10.7. The Balaban J connectivity index is 1.50. The maximum Gasteiger partial charge on any atom is 0.242 e. The maximum atomic E-state index is 12.5. The second-order valence-corrected chi connectivity index (χ2v) is 9.55. The first-order chi connectivity index (χ1) is 14.9. The van der Waals surface area contributed by atoms with Crippen LogP contribution in [0.3, 0.4) is 0 Å². The number of aromatic nitrogens is 1. The number of nitrogens with zero attached hydrogens (tertiary/aromatic N) is 3. The molecule has 1 aromatic carbocycles. The SMILES string of the molecule is CCCC(C)NS(=O)(=O)c1ccc(N2CCN(CC(=O)Nc3ccccc3)CC2)nc1. The standard InChI is InChI=1S/C22H31N5O3S/c1-3-7-18(2)25-31(29,30)20-10-11-21(23-16-20)27-14-12-26(13-15-27)17-22(28)24-19-8-5-4-6-9-19/h4-6,8-11,16,18,25H,3,7,12-15,17H2,1-2H3,(H,24,28). The summed E-state index contributed by atoms with van der Waals surface area (Å²) in [5.74, 6) is 0.714. The Morgan fingerprint density at radius 1 is 1.10 bits per heavy atom. The van der Waals surface area contributed by atoms with E-state index in [1.54, 1.807) is 12.1 Å². The van der Waals surface area contributed by atoms with Crippen molar-refractivity contribution in [3.05, 3.63) is 48.7 Å². The molecule has 1 saturated heterocycles. The van der Waals surface area contributed by atoms with Crippen molar-refractivity contribution in [2.45, 2.75) is 37.6 Å². The molecule has 1 aromatic heterocycles. The van der Waals surface area contributed by atoms with Crippen molar-refractivity contribution in [1.29, 1.82) is 0 Å². The first-order valence-corrected chi connectivity index (χ1v) is 12.2. The lowest BCUT2D eigenvalue weighted by Gasteiger charge is -2.35. The maximum absolute atomic E-state index is 12.5. The van der Waals surface area contributed by atoms with E-state index in [0.29, 0.717) is 6.54 Å². The number of carbonyl (C=O) groups is 1. The lowest BCUT2D eigenvalue weighted by Crippen LogP contribution is -2.48. The van der Waals surface area contributed by atoms with E-state index in [9.17, 15) is 13.2 Å². The molecule has 3 rings (SSSR count). The van der Waals surface area contributed by atoms with Gasteiger partial charge in [0.1, 0.15) is 10.7 Å². The number of anilines is 2. The van der Waals surface area contributed by atoms with Gasteiger partial charge in [0.25, 0.3) is 0 Å². The van der Waals surface area contributed by atoms with Crippen molar-refractivity contribution in [2.24, 2.45) is 0 Å². The van der Waals surface area contributed by atoms with Gasteiger partial charge in [0, 0.05) is 44.1 Å². The molecule has 168 valence electrons. The summed E-state index contributed by atoms with van der Waals surface area (Å²) in [7, 11) is -3.56. The zero-order chi connectivity index (χ0) is 22.3. The number of benzene rings is 1. The molecule has 9 heteroatoms. The van der Waals surface area contributed by atoms with Crippen LogP contribution < -0.4 is 14.9 Å². The molecule has 0 aliphatic carbocycles. The average molecular weight is 446 g/mol. The first kappa shape index (κ1) is 23.2. The summed E-state index contributed by atoms with van der Waals surface area (Å²) in [6.07, 6.45) is 3.12. The van der Waals surface area contributed by atoms with Crippen molar-refractivity contribution in [2.75, 3.05) is 42.9 Å². The van der Waals surface area contributed by atoms with E-state index in [1.165, 1.54) is 6.20 Å². The summed E-state index contributed by atoms with van der Waals surface area (Å²) < 4.78 is 27.6. The Labute approximate surface area is 184 Å². The van der Waals surface area contributed by atoms with Crippen molar-refractivity contribution >= 4 is 27.4 Å². The molecule has 1 aliphatic rings. The molecular formula is C22H31N5O3S. The Morgan fingerprint density at radius 3 is 2.42 bits per heavy atom. The van der Waals surface area contributed by atoms with Crippen LogP contribution in [0, 0.1) is 0 Å². The highest BCUT2D eigenvalue weighted by Crippen LogP contribution is 2.17. The van der Waals surface area contributed by atoms with Gasteiger partial charge >= 0.3 is 0 Å². The lowest BCUT2D eigenvalue weighted by atomic mass is 10.2. The minimum atomic E-state index is -3.56. The number of rotatable bonds is 9. The number of pyridine rings is 1. The van der Waals surface area contributed by atoms with Crippen LogP contribution in [0.4, 0.5) is 11.5 Å². The zero-order valence-electron chi connectivity index (χ0n) is 18.1. The summed E-state index contributed by atoms with van der Waals surface area (Å²) in [5, 5.41) is 2.90. The van der Waals surface area contributed by atoms with Crippen molar-refractivity contribution in [3.63, 3.8) is 0 Å². The van der Waals surface area contributed by atoms with Gasteiger partial charge in [-0.05, 0) is 37.6 Å². The summed E-state index contributed by atoms with van der Waals surface area (Å²) >= 11 is 0. The van der Waals surface area contributed by atoms with Crippen LogP contribution in [0.25, 0.3) is 0 Å². The average Bonchev–Trinajstić information content (AvgIpc) is 2.75. The Morgan fingerprint density at radius 2 is 1.81 bits per heavy atom. The van der Waals surface area contributed by atoms with Gasteiger partial charge in [0.15, 0.2) is 0 Å². The van der Waals surface area contributed by atoms with Gasteiger partial charge in [-0.25, -0.2) is 18.1 Å². The van der Waals surface area contributed by atoms with Gasteiger partial charge in [-0.15, -0.1) is 0 Å². The van der Waals surface area contributed by atoms with E-state index in [2.05, 4.69) is 24.8 Å². The Bertz CT molecular complexity index is 943. The smallest absolute Gasteiger partial charge is 0.242 e. The predicted octanol–water partition coefficient (Wildman–Crippen LogP) is 2.31. The highest BCUT2D eigenvalue weighted by molar-refractivity contribution is 7.89. The third kappa shape index (κ3) is 6.75. The minimum Gasteiger partial charge on any atom is -0.354 e. The highest BCUT2D eigenvalue weighted by Gasteiger charge is 2.22. The summed E-state index contributed by atoms with van der Waals surface area (Å²) in [4.78, 5) is 21.0. The summed E-state index contributed by atoms with van der Waals surface area (Å²) in [6, 6.07) is 12.7. The van der Waals surface area contributed by atoms with Gasteiger partial charge in [-0.3, -0.25) is 9.69 Å². The molecule has 0 radical (unpaired) electrons. The molecule has 31 heavy (non-hydrogen) atoms.